The maximum absolute atomic E-state index is 13.9. The lowest BCUT2D eigenvalue weighted by atomic mass is 10.1. The molecule has 5 rings (SSSR count). The molecule has 0 bridgehead atoms. The highest BCUT2D eigenvalue weighted by molar-refractivity contribution is 6.06. The van der Waals surface area contributed by atoms with Gasteiger partial charge in [-0.1, -0.05) is 5.21 Å². The van der Waals surface area contributed by atoms with Gasteiger partial charge in [-0.15, -0.1) is 28.5 Å². The van der Waals surface area contributed by atoms with Crippen LogP contribution in [0.2, 0.25) is 0 Å². The molecule has 2 N–H and O–H groups in total. The second-order valence-electron chi connectivity index (χ2n) is 11.5. The van der Waals surface area contributed by atoms with Gasteiger partial charge in [-0.3, -0.25) is 14.5 Å². The quantitative estimate of drug-likeness (QED) is 0.238. The second-order valence-corrected chi connectivity index (χ2v) is 11.5. The van der Waals surface area contributed by atoms with E-state index in [1.165, 1.54) is 16.9 Å². The number of piperazine rings is 1. The van der Waals surface area contributed by atoms with Crippen molar-refractivity contribution < 1.29 is 45.4 Å². The van der Waals surface area contributed by atoms with Crippen molar-refractivity contribution in [3.05, 3.63) is 47.4 Å². The summed E-state index contributed by atoms with van der Waals surface area (Å²) in [6, 6.07) is 4.74. The molecule has 2 amide bonds. The van der Waals surface area contributed by atoms with Crippen LogP contribution in [0.1, 0.15) is 39.9 Å². The number of amides is 2. The van der Waals surface area contributed by atoms with E-state index < -0.39 is 41.5 Å². The van der Waals surface area contributed by atoms with Crippen molar-refractivity contribution in [3.63, 3.8) is 0 Å². The van der Waals surface area contributed by atoms with Gasteiger partial charge in [0, 0.05) is 51.4 Å². The third kappa shape index (κ3) is 9.33. The lowest BCUT2D eigenvalue weighted by Crippen LogP contribution is -2.50. The second kappa shape index (κ2) is 14.9. The minimum atomic E-state index is -5.33. The zero-order valence-corrected chi connectivity index (χ0v) is 26.5. The molecule has 3 aromatic rings. The Labute approximate surface area is 276 Å². The molecule has 0 radical (unpaired) electrons. The number of nitrogens with one attached hydrogen (secondary N) is 2. The molecular formula is C29H34F6N10O4. The summed E-state index contributed by atoms with van der Waals surface area (Å²) < 4.78 is 89.7. The van der Waals surface area contributed by atoms with E-state index in [-0.39, 0.29) is 23.5 Å². The lowest BCUT2D eigenvalue weighted by Gasteiger charge is -2.39. The summed E-state index contributed by atoms with van der Waals surface area (Å²) in [4.78, 5) is 32.3. The number of carbonyl (C=O) groups excluding carboxylic acids is 2. The van der Waals surface area contributed by atoms with E-state index in [4.69, 9.17) is 4.74 Å². The number of alkyl halides is 6. The molecule has 1 atom stereocenters. The zero-order chi connectivity index (χ0) is 35.3. The number of hydrogen-bond donors (Lipinski definition) is 2. The first-order chi connectivity index (χ1) is 23.2. The van der Waals surface area contributed by atoms with E-state index in [2.05, 4.69) is 45.7 Å². The number of ether oxygens (including phenoxy) is 2. The Bertz CT molecular complexity index is 1630. The fourth-order valence-electron chi connectivity index (χ4n) is 5.33. The number of benzene rings is 1. The molecule has 0 spiro atoms. The van der Waals surface area contributed by atoms with Gasteiger partial charge in [-0.2, -0.15) is 13.2 Å². The van der Waals surface area contributed by atoms with Crippen LogP contribution in [0.15, 0.2) is 30.5 Å². The largest absolute Gasteiger partial charge is 0.574 e. The minimum absolute atomic E-state index is 0.0141. The smallest absolute Gasteiger partial charge is 0.386 e. The Hall–Kier alpha value is -4.56. The third-order valence-electron chi connectivity index (χ3n) is 8.07. The minimum Gasteiger partial charge on any atom is -0.386 e. The molecule has 4 heterocycles. The van der Waals surface area contributed by atoms with Crippen LogP contribution < -0.4 is 20.3 Å². The molecule has 2 fully saturated rings. The van der Waals surface area contributed by atoms with E-state index >= 15 is 0 Å². The topological polar surface area (TPSA) is 143 Å². The van der Waals surface area contributed by atoms with Gasteiger partial charge in [-0.25, -0.2) is 4.68 Å². The average molecular weight is 701 g/mol. The first kappa shape index (κ1) is 35.7. The molecule has 2 aliphatic rings. The van der Waals surface area contributed by atoms with Crippen LogP contribution in [-0.4, -0.2) is 125 Å². The van der Waals surface area contributed by atoms with Crippen LogP contribution >= 0.6 is 0 Å². The van der Waals surface area contributed by atoms with Crippen LogP contribution in [0, 0.1) is 0 Å². The molecule has 49 heavy (non-hydrogen) atoms. The molecule has 2 aromatic heterocycles. The van der Waals surface area contributed by atoms with Gasteiger partial charge in [0.15, 0.2) is 11.4 Å². The van der Waals surface area contributed by atoms with Crippen molar-refractivity contribution in [1.29, 1.82) is 0 Å². The molecule has 2 saturated heterocycles. The molecule has 0 saturated carbocycles. The Balaban J connectivity index is 1.38. The number of halogens is 6. The number of likely N-dealkylation sites (N-methyl/N-ethyl adjacent to an activating group) is 1. The molecule has 20 heteroatoms. The maximum Gasteiger partial charge on any atom is 0.574 e. The van der Waals surface area contributed by atoms with Gasteiger partial charge in [0.1, 0.15) is 0 Å². The van der Waals surface area contributed by atoms with E-state index in [0.29, 0.717) is 57.2 Å². The fraction of sp³-hybridized carbons (Fsp3) is 0.517. The number of rotatable bonds is 10. The van der Waals surface area contributed by atoms with Gasteiger partial charge in [0.25, 0.3) is 11.8 Å². The van der Waals surface area contributed by atoms with E-state index in [1.807, 2.05) is 18.9 Å². The number of anilines is 2. The monoisotopic (exact) mass is 700 g/mol. The Morgan fingerprint density at radius 2 is 1.76 bits per heavy atom. The Morgan fingerprint density at radius 1 is 1.00 bits per heavy atom. The van der Waals surface area contributed by atoms with Crippen LogP contribution in [0.5, 0.6) is 5.88 Å². The SMILES string of the molecule is C[C@H]1CN(c2ccc(-n3cc(C(=O)NCCCN4CCOCC4)nn3)cc2NC(=O)c2nnc(OC(F)(F)F)cc2C(F)(F)F)CCN1C. The standard InChI is InChI=1S/C29H34F6N10O4/c1-18-16-44(9-8-42(18)2)23-5-4-19(45-17-22(38-41-45)26(46)36-6-3-7-43-10-12-48-13-11-43)14-21(23)37-27(47)25-20(28(30,31)32)15-24(39-40-25)49-29(33,34)35/h4-5,14-15,17-18H,3,6-13,16H2,1-2H3,(H,36,46)(H,37,47)/t18-/m0/s1. The normalized spacial score (nSPS) is 18.0. The Kier molecular flexibility index (Phi) is 10.9. The summed E-state index contributed by atoms with van der Waals surface area (Å²) in [5.74, 6) is -3.32. The van der Waals surface area contributed by atoms with Crippen LogP contribution in [0.4, 0.5) is 37.7 Å². The molecule has 0 aliphatic carbocycles. The predicted octanol–water partition coefficient (Wildman–Crippen LogP) is 2.82. The number of morpholine rings is 1. The highest BCUT2D eigenvalue weighted by Crippen LogP contribution is 2.35. The van der Waals surface area contributed by atoms with Gasteiger partial charge < -0.3 is 29.9 Å². The fourth-order valence-corrected chi connectivity index (χ4v) is 5.33. The molecule has 0 unspecified atom stereocenters. The van der Waals surface area contributed by atoms with Crippen LogP contribution in [-0.2, 0) is 10.9 Å². The number of nitrogens with zero attached hydrogens (tertiary/aromatic N) is 8. The van der Waals surface area contributed by atoms with Crippen molar-refractivity contribution in [2.24, 2.45) is 0 Å². The summed E-state index contributed by atoms with van der Waals surface area (Å²) >= 11 is 0. The van der Waals surface area contributed by atoms with Crippen molar-refractivity contribution in [1.82, 2.24) is 40.3 Å². The molecule has 14 nitrogen and oxygen atoms in total. The van der Waals surface area contributed by atoms with Gasteiger partial charge >= 0.3 is 12.5 Å². The van der Waals surface area contributed by atoms with Crippen molar-refractivity contribution in [3.8, 4) is 11.6 Å². The zero-order valence-electron chi connectivity index (χ0n) is 26.5. The summed E-state index contributed by atoms with van der Waals surface area (Å²) in [6.07, 6.45) is -8.53. The highest BCUT2D eigenvalue weighted by atomic mass is 19.4. The van der Waals surface area contributed by atoms with Crippen molar-refractivity contribution >= 4 is 23.2 Å². The van der Waals surface area contributed by atoms with E-state index in [1.54, 1.807) is 12.1 Å². The lowest BCUT2D eigenvalue weighted by molar-refractivity contribution is -0.276. The first-order valence-electron chi connectivity index (χ1n) is 15.3. The molecule has 1 aromatic carbocycles. The molecule has 266 valence electrons. The molecular weight excluding hydrogens is 666 g/mol. The highest BCUT2D eigenvalue weighted by Gasteiger charge is 2.40. The first-order valence-corrected chi connectivity index (χ1v) is 15.3. The summed E-state index contributed by atoms with van der Waals surface area (Å²) in [6.45, 7) is 7.87. The third-order valence-corrected chi connectivity index (χ3v) is 8.07. The van der Waals surface area contributed by atoms with E-state index in [9.17, 15) is 35.9 Å². The summed E-state index contributed by atoms with van der Waals surface area (Å²) in [5, 5.41) is 19.3. The molecule has 2 aliphatic heterocycles. The summed E-state index contributed by atoms with van der Waals surface area (Å²) in [5.41, 5.74) is -2.22. The van der Waals surface area contributed by atoms with Crippen LogP contribution in [0.3, 0.4) is 0 Å². The number of hydrogen-bond acceptors (Lipinski definition) is 11. The maximum atomic E-state index is 13.9. The number of aromatic nitrogens is 5. The Morgan fingerprint density at radius 3 is 2.45 bits per heavy atom. The van der Waals surface area contributed by atoms with Crippen molar-refractivity contribution in [2.45, 2.75) is 31.9 Å². The van der Waals surface area contributed by atoms with Gasteiger partial charge in [0.2, 0.25) is 5.88 Å². The van der Waals surface area contributed by atoms with Gasteiger partial charge in [0.05, 0.1) is 42.0 Å². The average Bonchev–Trinajstić information content (AvgIpc) is 3.54. The van der Waals surface area contributed by atoms with Crippen LogP contribution in [0.25, 0.3) is 5.69 Å². The van der Waals surface area contributed by atoms with Crippen molar-refractivity contribution in [2.75, 3.05) is 76.3 Å². The van der Waals surface area contributed by atoms with E-state index in [0.717, 1.165) is 19.6 Å². The van der Waals surface area contributed by atoms with Gasteiger partial charge in [-0.05, 0) is 45.1 Å². The number of carbonyl (C=O) groups is 2. The predicted molar refractivity (Wildman–Crippen MR) is 162 cm³/mol. The summed E-state index contributed by atoms with van der Waals surface area (Å²) in [7, 11) is 1.94.